The Morgan fingerprint density at radius 2 is 2.15 bits per heavy atom. The number of nitrogens with zero attached hydrogens (tertiary/aromatic N) is 2. The number of piperidine rings is 1. The van der Waals surface area contributed by atoms with E-state index in [1.807, 2.05) is 0 Å². The number of ether oxygens (including phenoxy) is 2. The minimum atomic E-state index is -4.57. The SMILES string of the molecule is COCC1(C(=O)O)CCCN(C(=O)c2cccnc2OCC(F)(F)F)C1. The number of hydrogen-bond donors (Lipinski definition) is 1. The highest BCUT2D eigenvalue weighted by Crippen LogP contribution is 2.32. The van der Waals surface area contributed by atoms with Gasteiger partial charge in [-0.3, -0.25) is 9.59 Å². The maximum absolute atomic E-state index is 12.8. The van der Waals surface area contributed by atoms with Gasteiger partial charge in [0.25, 0.3) is 5.91 Å². The first kappa shape index (κ1) is 20.0. The molecule has 0 saturated carbocycles. The lowest BCUT2D eigenvalue weighted by Crippen LogP contribution is -2.52. The van der Waals surface area contributed by atoms with Crippen LogP contribution in [0.15, 0.2) is 18.3 Å². The molecule has 144 valence electrons. The standard InChI is InChI=1S/C16H19F3N2O5/c1-25-9-15(14(23)24)5-3-7-21(8-15)13(22)11-4-2-6-20-12(11)26-10-16(17,18)19/h2,4,6H,3,5,7-10H2,1H3,(H,23,24). The van der Waals surface area contributed by atoms with Crippen molar-refractivity contribution in [3.8, 4) is 5.88 Å². The normalized spacial score (nSPS) is 20.7. The number of methoxy groups -OCH3 is 1. The summed E-state index contributed by atoms with van der Waals surface area (Å²) in [6, 6.07) is 2.70. The third-order valence-electron chi connectivity index (χ3n) is 4.11. The Labute approximate surface area is 147 Å². The fourth-order valence-electron chi connectivity index (χ4n) is 2.92. The van der Waals surface area contributed by atoms with E-state index in [4.69, 9.17) is 4.74 Å². The summed E-state index contributed by atoms with van der Waals surface area (Å²) in [5.41, 5.74) is -1.40. The van der Waals surface area contributed by atoms with E-state index in [1.165, 1.54) is 30.3 Å². The maximum Gasteiger partial charge on any atom is 0.422 e. The number of carboxylic acid groups (broad SMARTS) is 1. The van der Waals surface area contributed by atoms with Gasteiger partial charge in [0.05, 0.1) is 6.61 Å². The molecule has 0 bridgehead atoms. The first-order valence-corrected chi connectivity index (χ1v) is 7.85. The van der Waals surface area contributed by atoms with Crippen molar-refractivity contribution in [2.75, 3.05) is 33.4 Å². The van der Waals surface area contributed by atoms with E-state index in [-0.39, 0.29) is 25.3 Å². The van der Waals surface area contributed by atoms with Crippen LogP contribution in [0.2, 0.25) is 0 Å². The Balaban J connectivity index is 2.22. The van der Waals surface area contributed by atoms with Crippen molar-refractivity contribution in [1.82, 2.24) is 9.88 Å². The summed E-state index contributed by atoms with van der Waals surface area (Å²) in [7, 11) is 1.37. The molecule has 1 N–H and O–H groups in total. The zero-order valence-corrected chi connectivity index (χ0v) is 14.1. The van der Waals surface area contributed by atoms with Crippen molar-refractivity contribution in [2.24, 2.45) is 5.41 Å². The van der Waals surface area contributed by atoms with E-state index in [2.05, 4.69) is 9.72 Å². The number of amides is 1. The highest BCUT2D eigenvalue weighted by atomic mass is 19.4. The van der Waals surface area contributed by atoms with Crippen molar-refractivity contribution < 1.29 is 37.3 Å². The smallest absolute Gasteiger partial charge is 0.422 e. The molecule has 1 amide bonds. The van der Waals surface area contributed by atoms with Gasteiger partial charge in [-0.1, -0.05) is 0 Å². The summed E-state index contributed by atoms with van der Waals surface area (Å²) in [4.78, 5) is 29.4. The van der Waals surface area contributed by atoms with E-state index < -0.39 is 36.0 Å². The van der Waals surface area contributed by atoms with Gasteiger partial charge in [0, 0.05) is 26.4 Å². The Kier molecular flexibility index (Phi) is 6.06. The molecular weight excluding hydrogens is 357 g/mol. The van der Waals surface area contributed by atoms with E-state index >= 15 is 0 Å². The average Bonchev–Trinajstić information content (AvgIpc) is 2.59. The molecule has 1 unspecified atom stereocenters. The van der Waals surface area contributed by atoms with Gasteiger partial charge in [-0.15, -0.1) is 0 Å². The van der Waals surface area contributed by atoms with Gasteiger partial charge in [0.2, 0.25) is 5.88 Å². The van der Waals surface area contributed by atoms with Crippen molar-refractivity contribution in [3.63, 3.8) is 0 Å². The number of aromatic nitrogens is 1. The molecule has 26 heavy (non-hydrogen) atoms. The molecule has 0 radical (unpaired) electrons. The van der Waals surface area contributed by atoms with Gasteiger partial charge in [-0.05, 0) is 25.0 Å². The van der Waals surface area contributed by atoms with Crippen LogP contribution in [-0.4, -0.2) is 66.5 Å². The Morgan fingerprint density at radius 1 is 1.42 bits per heavy atom. The zero-order valence-electron chi connectivity index (χ0n) is 14.1. The van der Waals surface area contributed by atoms with Crippen LogP contribution in [0.3, 0.4) is 0 Å². The molecule has 1 fully saturated rings. The number of aliphatic carboxylic acids is 1. The molecule has 1 aromatic rings. The lowest BCUT2D eigenvalue weighted by molar-refractivity contribution is -0.156. The summed E-state index contributed by atoms with van der Waals surface area (Å²) in [5.74, 6) is -2.15. The lowest BCUT2D eigenvalue weighted by Gasteiger charge is -2.39. The first-order valence-electron chi connectivity index (χ1n) is 7.85. The van der Waals surface area contributed by atoms with Crippen molar-refractivity contribution >= 4 is 11.9 Å². The van der Waals surface area contributed by atoms with Crippen LogP contribution in [0.4, 0.5) is 13.2 Å². The minimum Gasteiger partial charge on any atom is -0.481 e. The molecule has 7 nitrogen and oxygen atoms in total. The van der Waals surface area contributed by atoms with Crippen LogP contribution in [0, 0.1) is 5.41 Å². The highest BCUT2D eigenvalue weighted by molar-refractivity contribution is 5.96. The largest absolute Gasteiger partial charge is 0.481 e. The number of carbonyl (C=O) groups is 2. The molecule has 1 aromatic heterocycles. The molecule has 2 heterocycles. The fraction of sp³-hybridized carbons (Fsp3) is 0.562. The number of alkyl halides is 3. The van der Waals surface area contributed by atoms with Crippen LogP contribution in [0.5, 0.6) is 5.88 Å². The van der Waals surface area contributed by atoms with Gasteiger partial charge in [-0.25, -0.2) is 4.98 Å². The Bertz CT molecular complexity index is 664. The number of pyridine rings is 1. The number of halogens is 3. The summed E-state index contributed by atoms with van der Waals surface area (Å²) in [5, 5.41) is 9.54. The first-order chi connectivity index (χ1) is 12.2. The summed E-state index contributed by atoms with van der Waals surface area (Å²) in [6.07, 6.45) is -2.59. The highest BCUT2D eigenvalue weighted by Gasteiger charge is 2.44. The van der Waals surface area contributed by atoms with Crippen LogP contribution in [0.25, 0.3) is 0 Å². The van der Waals surface area contributed by atoms with Crippen molar-refractivity contribution in [3.05, 3.63) is 23.9 Å². The quantitative estimate of drug-likeness (QED) is 0.817. The van der Waals surface area contributed by atoms with E-state index in [0.29, 0.717) is 12.8 Å². The maximum atomic E-state index is 12.8. The number of carboxylic acids is 1. The van der Waals surface area contributed by atoms with E-state index in [9.17, 15) is 27.9 Å². The number of likely N-dealkylation sites (tertiary alicyclic amines) is 1. The summed E-state index contributed by atoms with van der Waals surface area (Å²) in [6.45, 7) is -1.47. The van der Waals surface area contributed by atoms with Gasteiger partial charge >= 0.3 is 12.1 Å². The monoisotopic (exact) mass is 376 g/mol. The minimum absolute atomic E-state index is 0.0728. The molecule has 10 heteroatoms. The fourth-order valence-corrected chi connectivity index (χ4v) is 2.92. The zero-order chi connectivity index (χ0) is 19.4. The molecule has 1 aliphatic heterocycles. The molecule has 0 aliphatic carbocycles. The predicted molar refractivity (Wildman–Crippen MR) is 82.9 cm³/mol. The second kappa shape index (κ2) is 7.90. The van der Waals surface area contributed by atoms with Gasteiger partial charge in [0.1, 0.15) is 11.0 Å². The summed E-state index contributed by atoms with van der Waals surface area (Å²) < 4.78 is 46.8. The van der Waals surface area contributed by atoms with Crippen LogP contribution >= 0.6 is 0 Å². The lowest BCUT2D eigenvalue weighted by atomic mass is 9.80. The van der Waals surface area contributed by atoms with Gasteiger partial charge in [0.15, 0.2) is 6.61 Å². The van der Waals surface area contributed by atoms with Gasteiger partial charge < -0.3 is 19.5 Å². The second-order valence-electron chi connectivity index (χ2n) is 6.11. The average molecular weight is 376 g/mol. The summed E-state index contributed by atoms with van der Waals surface area (Å²) >= 11 is 0. The molecule has 0 aromatic carbocycles. The van der Waals surface area contributed by atoms with Crippen molar-refractivity contribution in [2.45, 2.75) is 19.0 Å². The molecular formula is C16H19F3N2O5. The number of carbonyl (C=O) groups excluding carboxylic acids is 1. The predicted octanol–water partition coefficient (Wildman–Crippen LogP) is 1.98. The topological polar surface area (TPSA) is 89.0 Å². The van der Waals surface area contributed by atoms with Crippen LogP contribution in [0.1, 0.15) is 23.2 Å². The molecule has 1 saturated heterocycles. The molecule has 1 aliphatic rings. The van der Waals surface area contributed by atoms with E-state index in [0.717, 1.165) is 0 Å². The third kappa shape index (κ3) is 4.63. The number of rotatable bonds is 6. The van der Waals surface area contributed by atoms with Gasteiger partial charge in [-0.2, -0.15) is 13.2 Å². The third-order valence-corrected chi connectivity index (χ3v) is 4.11. The second-order valence-corrected chi connectivity index (χ2v) is 6.11. The van der Waals surface area contributed by atoms with Crippen LogP contribution in [-0.2, 0) is 9.53 Å². The Hall–Kier alpha value is -2.36. The molecule has 1 atom stereocenters. The Morgan fingerprint density at radius 3 is 2.77 bits per heavy atom. The van der Waals surface area contributed by atoms with Crippen LogP contribution < -0.4 is 4.74 Å². The number of hydrogen-bond acceptors (Lipinski definition) is 5. The van der Waals surface area contributed by atoms with Crippen molar-refractivity contribution in [1.29, 1.82) is 0 Å². The molecule has 0 spiro atoms. The van der Waals surface area contributed by atoms with E-state index in [1.54, 1.807) is 0 Å². The molecule has 2 rings (SSSR count).